The highest BCUT2D eigenvalue weighted by Gasteiger charge is 2.22. The highest BCUT2D eigenvalue weighted by Crippen LogP contribution is 2.27. The lowest BCUT2D eigenvalue weighted by Crippen LogP contribution is -2.42. The van der Waals surface area contributed by atoms with Gasteiger partial charge in [-0.1, -0.05) is 24.6 Å². The van der Waals surface area contributed by atoms with Gasteiger partial charge in [0.15, 0.2) is 5.96 Å². The fourth-order valence-electron chi connectivity index (χ4n) is 2.68. The molecule has 0 saturated carbocycles. The number of rotatable bonds is 8. The second kappa shape index (κ2) is 9.80. The number of guanidine groups is 1. The Hall–Kier alpha value is -2.24. The minimum atomic E-state index is -0.141. The molecular weight excluding hydrogens is 306 g/mol. The zero-order chi connectivity index (χ0) is 17.2. The largest absolute Gasteiger partial charge is 0.488 e. The fourth-order valence-corrected chi connectivity index (χ4v) is 2.68. The number of fused-ring (bicyclic) bond motifs is 1. The van der Waals surface area contributed by atoms with Crippen LogP contribution in [0.5, 0.6) is 5.75 Å². The molecule has 2 rings (SSSR count). The Bertz CT molecular complexity index is 535. The van der Waals surface area contributed by atoms with Crippen LogP contribution in [0.2, 0.25) is 0 Å². The van der Waals surface area contributed by atoms with Gasteiger partial charge in [-0.2, -0.15) is 0 Å². The maximum Gasteiger partial charge on any atom is 0.305 e. The van der Waals surface area contributed by atoms with E-state index in [2.05, 4.69) is 26.4 Å². The van der Waals surface area contributed by atoms with E-state index in [0.29, 0.717) is 6.42 Å². The van der Waals surface area contributed by atoms with Gasteiger partial charge in [-0.3, -0.25) is 9.79 Å². The summed E-state index contributed by atoms with van der Waals surface area (Å²) in [5.74, 6) is 1.62. The molecule has 0 aliphatic carbocycles. The molecule has 0 saturated heterocycles. The van der Waals surface area contributed by atoms with Crippen molar-refractivity contribution in [3.63, 3.8) is 0 Å². The summed E-state index contributed by atoms with van der Waals surface area (Å²) in [5.41, 5.74) is 1.26. The van der Waals surface area contributed by atoms with Gasteiger partial charge in [0.2, 0.25) is 0 Å². The van der Waals surface area contributed by atoms with Crippen molar-refractivity contribution < 1.29 is 14.3 Å². The quantitative estimate of drug-likeness (QED) is 0.329. The summed E-state index contributed by atoms with van der Waals surface area (Å²) in [4.78, 5) is 15.2. The van der Waals surface area contributed by atoms with Crippen LogP contribution in [-0.2, 0) is 16.0 Å². The van der Waals surface area contributed by atoms with Crippen LogP contribution in [0.25, 0.3) is 0 Å². The van der Waals surface area contributed by atoms with Crippen molar-refractivity contribution in [3.05, 3.63) is 29.8 Å². The Morgan fingerprint density at radius 2 is 2.12 bits per heavy atom. The van der Waals surface area contributed by atoms with Gasteiger partial charge in [0.25, 0.3) is 0 Å². The molecule has 0 amide bonds. The van der Waals surface area contributed by atoms with Gasteiger partial charge in [-0.25, -0.2) is 0 Å². The van der Waals surface area contributed by atoms with Crippen LogP contribution in [0, 0.1) is 0 Å². The van der Waals surface area contributed by atoms with Crippen molar-refractivity contribution in [2.75, 3.05) is 27.2 Å². The summed E-state index contributed by atoms with van der Waals surface area (Å²) in [6.07, 6.45) is 4.38. The van der Waals surface area contributed by atoms with E-state index in [1.165, 1.54) is 12.7 Å². The molecule has 6 nitrogen and oxygen atoms in total. The van der Waals surface area contributed by atoms with E-state index in [1.54, 1.807) is 7.05 Å². The fraction of sp³-hybridized carbons (Fsp3) is 0.556. The third-order valence-corrected chi connectivity index (χ3v) is 4.01. The average Bonchev–Trinajstić information content (AvgIpc) is 3.03. The molecule has 1 unspecified atom stereocenters. The third kappa shape index (κ3) is 5.76. The molecular formula is C18H27N3O3. The maximum absolute atomic E-state index is 11.0. The van der Waals surface area contributed by atoms with Crippen LogP contribution < -0.4 is 15.4 Å². The molecule has 0 fully saturated rings. The van der Waals surface area contributed by atoms with Crippen molar-refractivity contribution in [2.24, 2.45) is 4.99 Å². The third-order valence-electron chi connectivity index (χ3n) is 4.01. The van der Waals surface area contributed by atoms with Crippen molar-refractivity contribution in [1.82, 2.24) is 10.6 Å². The van der Waals surface area contributed by atoms with Crippen LogP contribution in [0.3, 0.4) is 0 Å². The van der Waals surface area contributed by atoms with Crippen molar-refractivity contribution >= 4 is 11.9 Å². The van der Waals surface area contributed by atoms with E-state index in [4.69, 9.17) is 4.74 Å². The smallest absolute Gasteiger partial charge is 0.305 e. The summed E-state index contributed by atoms with van der Waals surface area (Å²) in [7, 11) is 3.18. The lowest BCUT2D eigenvalue weighted by molar-refractivity contribution is -0.140. The Labute approximate surface area is 143 Å². The Morgan fingerprint density at radius 1 is 1.29 bits per heavy atom. The summed E-state index contributed by atoms with van der Waals surface area (Å²) in [6, 6.07) is 8.15. The van der Waals surface area contributed by atoms with Gasteiger partial charge in [0.1, 0.15) is 11.9 Å². The van der Waals surface area contributed by atoms with E-state index in [1.807, 2.05) is 18.2 Å². The number of unbranched alkanes of at least 4 members (excludes halogenated alkanes) is 2. The number of methoxy groups -OCH3 is 1. The van der Waals surface area contributed by atoms with E-state index in [9.17, 15) is 4.79 Å². The second-order valence-electron chi connectivity index (χ2n) is 5.82. The highest BCUT2D eigenvalue weighted by molar-refractivity contribution is 5.79. The monoisotopic (exact) mass is 333 g/mol. The highest BCUT2D eigenvalue weighted by atomic mass is 16.5. The number of benzene rings is 1. The Morgan fingerprint density at radius 3 is 2.88 bits per heavy atom. The SMILES string of the molecule is CN=C(NCCCCCC(=O)OC)NCC1Cc2ccccc2O1. The molecule has 132 valence electrons. The van der Waals surface area contributed by atoms with Crippen molar-refractivity contribution in [3.8, 4) is 5.75 Å². The first-order valence-electron chi connectivity index (χ1n) is 8.49. The lowest BCUT2D eigenvalue weighted by Gasteiger charge is -2.15. The molecule has 1 aliphatic rings. The first-order chi connectivity index (χ1) is 11.7. The van der Waals surface area contributed by atoms with E-state index in [0.717, 1.165) is 50.5 Å². The van der Waals surface area contributed by atoms with Gasteiger partial charge in [-0.05, 0) is 24.5 Å². The molecule has 0 bridgehead atoms. The Kier molecular flexibility index (Phi) is 7.39. The predicted molar refractivity (Wildman–Crippen MR) is 94.4 cm³/mol. The number of aliphatic imine (C=N–C) groups is 1. The maximum atomic E-state index is 11.0. The molecule has 0 radical (unpaired) electrons. The summed E-state index contributed by atoms with van der Waals surface area (Å²) < 4.78 is 10.5. The zero-order valence-corrected chi connectivity index (χ0v) is 14.5. The molecule has 0 aromatic heterocycles. The number of esters is 1. The Balaban J connectivity index is 1.58. The molecule has 1 aromatic rings. The van der Waals surface area contributed by atoms with Crippen LogP contribution in [0.15, 0.2) is 29.3 Å². The molecule has 24 heavy (non-hydrogen) atoms. The number of para-hydroxylation sites is 1. The topological polar surface area (TPSA) is 72.0 Å². The van der Waals surface area contributed by atoms with Gasteiger partial charge >= 0.3 is 5.97 Å². The first kappa shape index (κ1) is 18.1. The van der Waals surface area contributed by atoms with E-state index >= 15 is 0 Å². The normalized spacial score (nSPS) is 16.2. The molecule has 0 spiro atoms. The van der Waals surface area contributed by atoms with E-state index < -0.39 is 0 Å². The second-order valence-corrected chi connectivity index (χ2v) is 5.82. The zero-order valence-electron chi connectivity index (χ0n) is 14.5. The van der Waals surface area contributed by atoms with E-state index in [-0.39, 0.29) is 12.1 Å². The molecule has 1 aromatic carbocycles. The number of nitrogens with one attached hydrogen (secondary N) is 2. The average molecular weight is 333 g/mol. The minimum Gasteiger partial charge on any atom is -0.488 e. The standard InChI is InChI=1S/C18H27N3O3/c1-19-18(20-11-7-3-4-10-17(22)23-2)21-13-15-12-14-8-5-6-9-16(14)24-15/h5-6,8-9,15H,3-4,7,10-13H2,1-2H3,(H2,19,20,21). The van der Waals surface area contributed by atoms with Crippen LogP contribution in [-0.4, -0.2) is 45.3 Å². The van der Waals surface area contributed by atoms with Gasteiger partial charge in [0.05, 0.1) is 13.7 Å². The number of nitrogens with zero attached hydrogens (tertiary/aromatic N) is 1. The number of hydrogen-bond acceptors (Lipinski definition) is 4. The summed E-state index contributed by atoms with van der Waals surface area (Å²) in [6.45, 7) is 1.54. The molecule has 1 heterocycles. The van der Waals surface area contributed by atoms with Crippen molar-refractivity contribution in [2.45, 2.75) is 38.2 Å². The lowest BCUT2D eigenvalue weighted by atomic mass is 10.1. The van der Waals surface area contributed by atoms with Gasteiger partial charge < -0.3 is 20.1 Å². The number of hydrogen-bond donors (Lipinski definition) is 2. The number of carbonyl (C=O) groups is 1. The molecule has 6 heteroatoms. The molecule has 2 N–H and O–H groups in total. The van der Waals surface area contributed by atoms with Gasteiger partial charge in [-0.15, -0.1) is 0 Å². The summed E-state index contributed by atoms with van der Waals surface area (Å²) >= 11 is 0. The van der Waals surface area contributed by atoms with Crippen LogP contribution >= 0.6 is 0 Å². The van der Waals surface area contributed by atoms with Gasteiger partial charge in [0, 0.05) is 26.4 Å². The first-order valence-corrected chi connectivity index (χ1v) is 8.49. The molecule has 1 atom stereocenters. The number of ether oxygens (including phenoxy) is 2. The van der Waals surface area contributed by atoms with Crippen molar-refractivity contribution in [1.29, 1.82) is 0 Å². The number of carbonyl (C=O) groups excluding carboxylic acids is 1. The molecule has 1 aliphatic heterocycles. The van der Waals surface area contributed by atoms with Crippen LogP contribution in [0.4, 0.5) is 0 Å². The minimum absolute atomic E-state index is 0.140. The predicted octanol–water partition coefficient (Wildman–Crippen LogP) is 1.89. The summed E-state index contributed by atoms with van der Waals surface area (Å²) in [5, 5.41) is 6.59. The van der Waals surface area contributed by atoms with Crippen LogP contribution in [0.1, 0.15) is 31.2 Å².